The molecule has 1 heterocycles. The smallest absolute Gasteiger partial charge is 0.273 e. The summed E-state index contributed by atoms with van der Waals surface area (Å²) in [4.78, 5) is 11.4. The van der Waals surface area contributed by atoms with E-state index in [1.54, 1.807) is 0 Å². The van der Waals surface area contributed by atoms with Gasteiger partial charge in [0.1, 0.15) is 0 Å². The van der Waals surface area contributed by atoms with Crippen LogP contribution >= 0.6 is 15.9 Å². The summed E-state index contributed by atoms with van der Waals surface area (Å²) >= 11 is 3.31. The van der Waals surface area contributed by atoms with Gasteiger partial charge in [-0.1, -0.05) is 22.9 Å². The summed E-state index contributed by atoms with van der Waals surface area (Å²) in [5.74, 6) is -0.194. The van der Waals surface area contributed by atoms with E-state index in [-0.39, 0.29) is 11.9 Å². The predicted molar refractivity (Wildman–Crippen MR) is 51.7 cm³/mol. The number of amides is 1. The van der Waals surface area contributed by atoms with E-state index < -0.39 is 0 Å². The zero-order valence-electron chi connectivity index (χ0n) is 7.25. The Kier molecular flexibility index (Phi) is 3.88. The summed E-state index contributed by atoms with van der Waals surface area (Å²) in [7, 11) is 0. The van der Waals surface area contributed by atoms with Crippen LogP contribution in [0.1, 0.15) is 23.8 Å². The van der Waals surface area contributed by atoms with Crippen LogP contribution in [0.2, 0.25) is 0 Å². The summed E-state index contributed by atoms with van der Waals surface area (Å²) in [5, 5.41) is 13.2. The van der Waals surface area contributed by atoms with Crippen LogP contribution in [0.4, 0.5) is 0 Å². The summed E-state index contributed by atoms with van der Waals surface area (Å²) in [6, 6.07) is 0.143. The van der Waals surface area contributed by atoms with E-state index >= 15 is 0 Å². The lowest BCUT2D eigenvalue weighted by Crippen LogP contribution is -2.35. The maximum Gasteiger partial charge on any atom is 0.273 e. The highest BCUT2D eigenvalue weighted by molar-refractivity contribution is 9.09. The van der Waals surface area contributed by atoms with Crippen LogP contribution in [-0.2, 0) is 0 Å². The van der Waals surface area contributed by atoms with Crippen molar-refractivity contribution in [3.05, 3.63) is 11.9 Å². The molecule has 1 aromatic heterocycles. The van der Waals surface area contributed by atoms with Crippen LogP contribution in [-0.4, -0.2) is 32.7 Å². The predicted octanol–water partition coefficient (Wildman–Crippen LogP) is 0.708. The number of alkyl halides is 1. The van der Waals surface area contributed by atoms with Crippen molar-refractivity contribution in [1.29, 1.82) is 0 Å². The van der Waals surface area contributed by atoms with Gasteiger partial charge in [0.25, 0.3) is 5.91 Å². The van der Waals surface area contributed by atoms with Gasteiger partial charge in [0.2, 0.25) is 0 Å². The second-order valence-corrected chi connectivity index (χ2v) is 3.24. The SMILES string of the molecule is CCC(CBr)NC(=O)c1cn[nH]n1. The summed E-state index contributed by atoms with van der Waals surface area (Å²) in [5.41, 5.74) is 0.319. The number of nitrogens with one attached hydrogen (secondary N) is 2. The molecule has 1 atom stereocenters. The van der Waals surface area contributed by atoms with E-state index in [1.807, 2.05) is 6.92 Å². The lowest BCUT2D eigenvalue weighted by Gasteiger charge is -2.11. The number of H-pyrrole nitrogens is 1. The number of carbonyl (C=O) groups excluding carboxylic acids is 1. The first-order valence-corrected chi connectivity index (χ1v) is 5.12. The van der Waals surface area contributed by atoms with E-state index in [2.05, 4.69) is 36.7 Å². The molecule has 1 amide bonds. The Bertz CT molecular complexity index is 257. The topological polar surface area (TPSA) is 70.7 Å². The molecule has 1 rings (SSSR count). The van der Waals surface area contributed by atoms with Gasteiger partial charge in [-0.15, -0.1) is 0 Å². The molecule has 1 unspecified atom stereocenters. The van der Waals surface area contributed by atoms with Gasteiger partial charge >= 0.3 is 0 Å². The van der Waals surface area contributed by atoms with E-state index in [0.717, 1.165) is 11.8 Å². The first-order valence-electron chi connectivity index (χ1n) is 4.00. The minimum atomic E-state index is -0.194. The maximum absolute atomic E-state index is 11.4. The normalized spacial score (nSPS) is 12.5. The van der Waals surface area contributed by atoms with E-state index in [4.69, 9.17) is 0 Å². The van der Waals surface area contributed by atoms with Crippen LogP contribution in [0.15, 0.2) is 6.20 Å². The number of nitrogens with zero attached hydrogens (tertiary/aromatic N) is 2. The highest BCUT2D eigenvalue weighted by Gasteiger charge is 2.12. The van der Waals surface area contributed by atoms with Crippen LogP contribution in [0.3, 0.4) is 0 Å². The fraction of sp³-hybridized carbons (Fsp3) is 0.571. The van der Waals surface area contributed by atoms with Crippen LogP contribution in [0.5, 0.6) is 0 Å². The monoisotopic (exact) mass is 246 g/mol. The number of halogens is 1. The van der Waals surface area contributed by atoms with Crippen molar-refractivity contribution in [1.82, 2.24) is 20.7 Å². The molecule has 0 spiro atoms. The van der Waals surface area contributed by atoms with Gasteiger partial charge < -0.3 is 5.32 Å². The molecule has 1 aromatic rings. The first-order chi connectivity index (χ1) is 6.27. The molecule has 2 N–H and O–H groups in total. The number of aromatic amines is 1. The van der Waals surface area contributed by atoms with Gasteiger partial charge in [0.15, 0.2) is 5.69 Å². The quantitative estimate of drug-likeness (QED) is 0.769. The van der Waals surface area contributed by atoms with Gasteiger partial charge in [-0.3, -0.25) is 4.79 Å². The Morgan fingerprint density at radius 2 is 2.62 bits per heavy atom. The molecule has 0 aromatic carbocycles. The molecular weight excluding hydrogens is 236 g/mol. The Labute approximate surface area is 84.4 Å². The molecule has 0 fully saturated rings. The summed E-state index contributed by atoms with van der Waals surface area (Å²) < 4.78 is 0. The van der Waals surface area contributed by atoms with Crippen molar-refractivity contribution in [2.75, 3.05) is 5.33 Å². The fourth-order valence-corrected chi connectivity index (χ4v) is 1.44. The molecule has 0 aliphatic heterocycles. The molecular formula is C7H11BrN4O. The summed E-state index contributed by atoms with van der Waals surface area (Å²) in [6.07, 6.45) is 2.28. The fourth-order valence-electron chi connectivity index (χ4n) is 0.820. The Hall–Kier alpha value is -0.910. The maximum atomic E-state index is 11.4. The first kappa shape index (κ1) is 10.2. The minimum Gasteiger partial charge on any atom is -0.347 e. The number of hydrogen-bond acceptors (Lipinski definition) is 3. The van der Waals surface area contributed by atoms with Crippen molar-refractivity contribution < 1.29 is 4.79 Å². The standard InChI is InChI=1S/C7H11BrN4O/c1-2-5(3-8)10-7(13)6-4-9-12-11-6/h4-5H,2-3H2,1H3,(H,10,13)(H,9,11,12). The highest BCUT2D eigenvalue weighted by Crippen LogP contribution is 1.98. The van der Waals surface area contributed by atoms with Crippen LogP contribution < -0.4 is 5.32 Å². The number of aromatic nitrogens is 3. The molecule has 0 bridgehead atoms. The zero-order chi connectivity index (χ0) is 9.68. The van der Waals surface area contributed by atoms with Crippen molar-refractivity contribution in [3.63, 3.8) is 0 Å². The highest BCUT2D eigenvalue weighted by atomic mass is 79.9. The third-order valence-electron chi connectivity index (χ3n) is 1.66. The van der Waals surface area contributed by atoms with Crippen molar-refractivity contribution in [2.24, 2.45) is 0 Å². The Morgan fingerprint density at radius 3 is 3.08 bits per heavy atom. The molecule has 72 valence electrons. The Morgan fingerprint density at radius 1 is 1.85 bits per heavy atom. The van der Waals surface area contributed by atoms with Crippen LogP contribution in [0, 0.1) is 0 Å². The van der Waals surface area contributed by atoms with Gasteiger partial charge in [-0.25, -0.2) is 0 Å². The van der Waals surface area contributed by atoms with Gasteiger partial charge in [0.05, 0.1) is 6.20 Å². The molecule has 0 saturated carbocycles. The average molecular weight is 247 g/mol. The molecule has 5 nitrogen and oxygen atoms in total. The second-order valence-electron chi connectivity index (χ2n) is 2.59. The zero-order valence-corrected chi connectivity index (χ0v) is 8.84. The van der Waals surface area contributed by atoms with Gasteiger partial charge in [-0.05, 0) is 6.42 Å². The van der Waals surface area contributed by atoms with Crippen LogP contribution in [0.25, 0.3) is 0 Å². The largest absolute Gasteiger partial charge is 0.347 e. The van der Waals surface area contributed by atoms with Gasteiger partial charge in [0, 0.05) is 11.4 Å². The van der Waals surface area contributed by atoms with E-state index in [1.165, 1.54) is 6.20 Å². The van der Waals surface area contributed by atoms with E-state index in [9.17, 15) is 4.79 Å². The minimum absolute atomic E-state index is 0.143. The average Bonchev–Trinajstić information content (AvgIpc) is 2.66. The third-order valence-corrected chi connectivity index (χ3v) is 2.44. The summed E-state index contributed by atoms with van der Waals surface area (Å²) in [6.45, 7) is 2.01. The molecule has 0 aliphatic carbocycles. The molecule has 0 saturated heterocycles. The van der Waals surface area contributed by atoms with Crippen molar-refractivity contribution in [2.45, 2.75) is 19.4 Å². The molecule has 0 aliphatic rings. The van der Waals surface area contributed by atoms with Gasteiger partial charge in [-0.2, -0.15) is 15.4 Å². The van der Waals surface area contributed by atoms with E-state index in [0.29, 0.717) is 5.69 Å². The second kappa shape index (κ2) is 4.96. The molecule has 0 radical (unpaired) electrons. The van der Waals surface area contributed by atoms with Crippen molar-refractivity contribution >= 4 is 21.8 Å². The number of hydrogen-bond donors (Lipinski definition) is 2. The lowest BCUT2D eigenvalue weighted by molar-refractivity contribution is 0.0935. The third kappa shape index (κ3) is 2.80. The molecule has 13 heavy (non-hydrogen) atoms. The molecule has 6 heteroatoms. The number of rotatable bonds is 4. The van der Waals surface area contributed by atoms with Crippen molar-refractivity contribution in [3.8, 4) is 0 Å². The Balaban J connectivity index is 2.50. The lowest BCUT2D eigenvalue weighted by atomic mass is 10.2. The number of carbonyl (C=O) groups is 1.